The van der Waals surface area contributed by atoms with Gasteiger partial charge in [0.15, 0.2) is 17.5 Å². The summed E-state index contributed by atoms with van der Waals surface area (Å²) in [5.74, 6) is 1.87. The van der Waals surface area contributed by atoms with Gasteiger partial charge in [-0.25, -0.2) is 4.39 Å². The molecule has 150 valence electrons. The van der Waals surface area contributed by atoms with E-state index >= 15 is 0 Å². The molecule has 0 bridgehead atoms. The number of benzene rings is 2. The summed E-state index contributed by atoms with van der Waals surface area (Å²) in [6, 6.07) is 12.4. The van der Waals surface area contributed by atoms with Crippen LogP contribution in [0.2, 0.25) is 0 Å². The second kappa shape index (κ2) is 9.41. The molecule has 0 aliphatic carbocycles. The first-order valence-corrected chi connectivity index (χ1v) is 9.36. The number of anilines is 1. The third-order valence-corrected chi connectivity index (χ3v) is 4.55. The number of hydrogen-bond donors (Lipinski definition) is 2. The number of ether oxygens (including phenoxy) is 2. The monoisotopic (exact) mass is 386 g/mol. The molecule has 0 spiro atoms. The highest BCUT2D eigenvalue weighted by atomic mass is 19.1. The lowest BCUT2D eigenvalue weighted by molar-refractivity contribution is 0.297. The number of rotatable bonds is 5. The predicted molar refractivity (Wildman–Crippen MR) is 110 cm³/mol. The van der Waals surface area contributed by atoms with E-state index in [0.717, 1.165) is 29.2 Å². The van der Waals surface area contributed by atoms with Crippen molar-refractivity contribution in [2.75, 3.05) is 46.2 Å². The van der Waals surface area contributed by atoms with Crippen LogP contribution >= 0.6 is 0 Å². The number of nitrogens with zero attached hydrogens (tertiary/aromatic N) is 2. The molecule has 3 rings (SSSR count). The van der Waals surface area contributed by atoms with Gasteiger partial charge in [0.05, 0.1) is 19.3 Å². The van der Waals surface area contributed by atoms with Gasteiger partial charge in [-0.3, -0.25) is 4.99 Å². The Labute approximate surface area is 165 Å². The molecular formula is C21H27FN4O2. The summed E-state index contributed by atoms with van der Waals surface area (Å²) in [6.07, 6.45) is 0.868. The lowest BCUT2D eigenvalue weighted by atomic mass is 10.1. The lowest BCUT2D eigenvalue weighted by Gasteiger charge is -2.26. The fraction of sp³-hybridized carbons (Fsp3) is 0.381. The molecule has 0 radical (unpaired) electrons. The molecule has 1 heterocycles. The number of nitrogens with one attached hydrogen (secondary N) is 2. The first-order valence-electron chi connectivity index (χ1n) is 9.36. The smallest absolute Gasteiger partial charge is 0.195 e. The number of aliphatic imine (C=N–C) groups is 1. The first-order chi connectivity index (χ1) is 13.6. The second-order valence-electron chi connectivity index (χ2n) is 6.82. The fourth-order valence-corrected chi connectivity index (χ4v) is 3.06. The average molecular weight is 386 g/mol. The van der Waals surface area contributed by atoms with Crippen molar-refractivity contribution in [3.8, 4) is 11.5 Å². The summed E-state index contributed by atoms with van der Waals surface area (Å²) in [7, 11) is 5.65. The van der Waals surface area contributed by atoms with Crippen LogP contribution in [-0.4, -0.2) is 51.8 Å². The number of likely N-dealkylation sites (N-methyl/N-ethyl adjacent to an activating group) is 1. The molecule has 1 aliphatic heterocycles. The van der Waals surface area contributed by atoms with Gasteiger partial charge in [-0.05, 0) is 43.9 Å². The first kappa shape index (κ1) is 19.9. The molecule has 28 heavy (non-hydrogen) atoms. The minimum absolute atomic E-state index is 0.00183. The van der Waals surface area contributed by atoms with Crippen LogP contribution in [0.4, 0.5) is 10.1 Å². The zero-order chi connectivity index (χ0) is 19.9. The molecule has 0 saturated carbocycles. The van der Waals surface area contributed by atoms with Crippen molar-refractivity contribution in [3.05, 3.63) is 53.8 Å². The minimum atomic E-state index is -0.237. The minimum Gasteiger partial charge on any atom is -0.490 e. The van der Waals surface area contributed by atoms with E-state index in [1.54, 1.807) is 19.2 Å². The maximum Gasteiger partial charge on any atom is 0.195 e. The van der Waals surface area contributed by atoms with Crippen molar-refractivity contribution < 1.29 is 13.9 Å². The van der Waals surface area contributed by atoms with Crippen LogP contribution in [0.15, 0.2) is 47.5 Å². The molecule has 6 nitrogen and oxygen atoms in total. The number of guanidine groups is 1. The van der Waals surface area contributed by atoms with Crippen LogP contribution in [0.1, 0.15) is 18.0 Å². The lowest BCUT2D eigenvalue weighted by Crippen LogP contribution is -2.38. The zero-order valence-corrected chi connectivity index (χ0v) is 16.5. The van der Waals surface area contributed by atoms with Crippen LogP contribution in [0.5, 0.6) is 11.5 Å². The summed E-state index contributed by atoms with van der Waals surface area (Å²) in [5, 5.41) is 6.58. The van der Waals surface area contributed by atoms with E-state index in [1.165, 1.54) is 6.07 Å². The molecular weight excluding hydrogens is 359 g/mol. The zero-order valence-electron chi connectivity index (χ0n) is 16.5. The second-order valence-corrected chi connectivity index (χ2v) is 6.82. The summed E-state index contributed by atoms with van der Waals surface area (Å²) >= 11 is 0. The highest BCUT2D eigenvalue weighted by Gasteiger charge is 2.16. The van der Waals surface area contributed by atoms with Crippen LogP contribution in [0, 0.1) is 5.82 Å². The Morgan fingerprint density at radius 3 is 2.64 bits per heavy atom. The molecule has 0 amide bonds. The molecule has 1 aliphatic rings. The van der Waals surface area contributed by atoms with Crippen molar-refractivity contribution in [2.45, 2.75) is 12.5 Å². The van der Waals surface area contributed by atoms with E-state index in [2.05, 4.69) is 15.6 Å². The van der Waals surface area contributed by atoms with Gasteiger partial charge in [-0.1, -0.05) is 12.1 Å². The van der Waals surface area contributed by atoms with Crippen molar-refractivity contribution in [1.82, 2.24) is 10.2 Å². The van der Waals surface area contributed by atoms with Crippen molar-refractivity contribution in [2.24, 2.45) is 4.99 Å². The van der Waals surface area contributed by atoms with Crippen LogP contribution in [0.25, 0.3) is 0 Å². The molecule has 1 unspecified atom stereocenters. The van der Waals surface area contributed by atoms with Crippen molar-refractivity contribution >= 4 is 11.6 Å². The van der Waals surface area contributed by atoms with E-state index in [0.29, 0.717) is 25.7 Å². The summed E-state index contributed by atoms with van der Waals surface area (Å²) in [4.78, 5) is 6.33. The van der Waals surface area contributed by atoms with Gasteiger partial charge in [-0.15, -0.1) is 0 Å². The standard InChI is InChI=1S/C21H27FN4O2/c1-23-21(24-14-18(26(2)3)15-6-4-7-16(22)12-15)25-17-8-9-19-20(13-17)28-11-5-10-27-19/h4,6-9,12-13,18H,5,10-11,14H2,1-3H3,(H2,23,24,25). The van der Waals surface area contributed by atoms with Crippen molar-refractivity contribution in [1.29, 1.82) is 0 Å². The molecule has 1 atom stereocenters. The van der Waals surface area contributed by atoms with Gasteiger partial charge >= 0.3 is 0 Å². The molecule has 0 saturated heterocycles. The number of hydrogen-bond acceptors (Lipinski definition) is 4. The Balaban J connectivity index is 1.66. The Morgan fingerprint density at radius 2 is 1.93 bits per heavy atom. The Morgan fingerprint density at radius 1 is 1.14 bits per heavy atom. The van der Waals surface area contributed by atoms with Crippen LogP contribution in [0.3, 0.4) is 0 Å². The van der Waals surface area contributed by atoms with Gasteiger partial charge < -0.3 is 25.0 Å². The SMILES string of the molecule is CN=C(NCC(c1cccc(F)c1)N(C)C)Nc1ccc2c(c1)OCCCO2. The van der Waals surface area contributed by atoms with E-state index < -0.39 is 0 Å². The summed E-state index contributed by atoms with van der Waals surface area (Å²) < 4.78 is 25.0. The Kier molecular flexibility index (Phi) is 6.71. The maximum atomic E-state index is 13.6. The largest absolute Gasteiger partial charge is 0.490 e. The fourth-order valence-electron chi connectivity index (χ4n) is 3.06. The molecule has 0 fully saturated rings. The average Bonchev–Trinajstić information content (AvgIpc) is 2.92. The number of fused-ring (bicyclic) bond motifs is 1. The van der Waals surface area contributed by atoms with E-state index in [4.69, 9.17) is 9.47 Å². The highest BCUT2D eigenvalue weighted by Crippen LogP contribution is 2.32. The van der Waals surface area contributed by atoms with Crippen molar-refractivity contribution in [3.63, 3.8) is 0 Å². The number of halogens is 1. The maximum absolute atomic E-state index is 13.6. The van der Waals surface area contributed by atoms with E-state index in [1.807, 2.05) is 43.3 Å². The molecule has 2 aromatic rings. The highest BCUT2D eigenvalue weighted by molar-refractivity contribution is 5.93. The van der Waals surface area contributed by atoms with E-state index in [-0.39, 0.29) is 11.9 Å². The van der Waals surface area contributed by atoms with E-state index in [9.17, 15) is 4.39 Å². The van der Waals surface area contributed by atoms with Gasteiger partial charge in [0.2, 0.25) is 0 Å². The van der Waals surface area contributed by atoms with Gasteiger partial charge in [0, 0.05) is 31.8 Å². The van der Waals surface area contributed by atoms with Crippen LogP contribution < -0.4 is 20.1 Å². The predicted octanol–water partition coefficient (Wildman–Crippen LogP) is 3.28. The normalized spacial score (nSPS) is 15.1. The summed E-state index contributed by atoms with van der Waals surface area (Å²) in [6.45, 7) is 1.87. The Hall–Kier alpha value is -2.80. The third kappa shape index (κ3) is 5.13. The molecule has 2 N–H and O–H groups in total. The Bertz CT molecular complexity index is 826. The quantitative estimate of drug-likeness (QED) is 0.610. The molecule has 0 aromatic heterocycles. The third-order valence-electron chi connectivity index (χ3n) is 4.55. The summed E-state index contributed by atoms with van der Waals surface area (Å²) in [5.41, 5.74) is 1.76. The molecule has 7 heteroatoms. The van der Waals surface area contributed by atoms with Gasteiger partial charge in [0.1, 0.15) is 5.82 Å². The molecule has 2 aromatic carbocycles. The van der Waals surface area contributed by atoms with Crippen LogP contribution in [-0.2, 0) is 0 Å². The van der Waals surface area contributed by atoms with Gasteiger partial charge in [-0.2, -0.15) is 0 Å². The topological polar surface area (TPSA) is 58.1 Å². The van der Waals surface area contributed by atoms with Gasteiger partial charge in [0.25, 0.3) is 0 Å².